The molecule has 4 rings (SSSR count). The van der Waals surface area contributed by atoms with E-state index in [1.165, 1.54) is 36.4 Å². The molecule has 0 bridgehead atoms. The SMILES string of the molecule is O=C(Nc1cc(S(=O)(=O)Nc2ccccc2Cl)ccc1N1CCOCC1)c1ccc(F)cc1. The molecular formula is C23H21ClFN3O4S. The third-order valence-corrected chi connectivity index (χ3v) is 6.80. The van der Waals surface area contributed by atoms with E-state index in [2.05, 4.69) is 10.0 Å². The molecule has 3 aromatic carbocycles. The Morgan fingerprint density at radius 1 is 0.970 bits per heavy atom. The zero-order valence-electron chi connectivity index (χ0n) is 17.4. The van der Waals surface area contributed by atoms with E-state index in [0.29, 0.717) is 37.7 Å². The van der Waals surface area contributed by atoms with Gasteiger partial charge in [-0.2, -0.15) is 0 Å². The van der Waals surface area contributed by atoms with Crippen molar-refractivity contribution in [2.24, 2.45) is 0 Å². The van der Waals surface area contributed by atoms with Crippen molar-refractivity contribution >= 4 is 44.6 Å². The van der Waals surface area contributed by atoms with Crippen molar-refractivity contribution in [1.82, 2.24) is 0 Å². The van der Waals surface area contributed by atoms with Gasteiger partial charge < -0.3 is 15.0 Å². The molecule has 3 aromatic rings. The van der Waals surface area contributed by atoms with E-state index in [4.69, 9.17) is 16.3 Å². The Kier molecular flexibility index (Phi) is 6.83. The van der Waals surface area contributed by atoms with Gasteiger partial charge in [0, 0.05) is 18.7 Å². The molecule has 0 aliphatic carbocycles. The van der Waals surface area contributed by atoms with Gasteiger partial charge in [0.1, 0.15) is 5.82 Å². The minimum atomic E-state index is -3.99. The van der Waals surface area contributed by atoms with Crippen LogP contribution in [0.4, 0.5) is 21.5 Å². The maximum atomic E-state index is 13.2. The van der Waals surface area contributed by atoms with Gasteiger partial charge in [0.25, 0.3) is 15.9 Å². The first-order chi connectivity index (χ1) is 15.8. The molecule has 0 aromatic heterocycles. The molecule has 1 amide bonds. The van der Waals surface area contributed by atoms with Gasteiger partial charge in [0.15, 0.2) is 0 Å². The number of benzene rings is 3. The first-order valence-electron chi connectivity index (χ1n) is 10.1. The fourth-order valence-electron chi connectivity index (χ4n) is 3.41. The van der Waals surface area contributed by atoms with Crippen LogP contribution >= 0.6 is 11.6 Å². The average Bonchev–Trinajstić information content (AvgIpc) is 2.81. The summed E-state index contributed by atoms with van der Waals surface area (Å²) in [5.41, 5.74) is 1.46. The summed E-state index contributed by atoms with van der Waals surface area (Å²) in [6, 6.07) is 16.1. The number of morpholine rings is 1. The number of halogens is 2. The number of rotatable bonds is 6. The fourth-order valence-corrected chi connectivity index (χ4v) is 4.75. The fraction of sp³-hybridized carbons (Fsp3) is 0.174. The smallest absolute Gasteiger partial charge is 0.262 e. The van der Waals surface area contributed by atoms with Crippen LogP contribution in [0, 0.1) is 5.82 Å². The molecule has 7 nitrogen and oxygen atoms in total. The molecule has 0 spiro atoms. The molecule has 0 atom stereocenters. The van der Waals surface area contributed by atoms with E-state index in [-0.39, 0.29) is 21.2 Å². The summed E-state index contributed by atoms with van der Waals surface area (Å²) in [5.74, 6) is -0.947. The number of amides is 1. The van der Waals surface area contributed by atoms with Gasteiger partial charge in [0.05, 0.1) is 40.2 Å². The highest BCUT2D eigenvalue weighted by molar-refractivity contribution is 7.92. The van der Waals surface area contributed by atoms with Gasteiger partial charge in [-0.25, -0.2) is 12.8 Å². The standard InChI is InChI=1S/C23H21ClFN3O4S/c24-19-3-1-2-4-20(19)27-33(30,31)18-9-10-22(28-11-13-32-14-12-28)21(15-18)26-23(29)16-5-7-17(25)8-6-16/h1-10,15,27H,11-14H2,(H,26,29). The number of sulfonamides is 1. The minimum absolute atomic E-state index is 0.0474. The molecule has 1 aliphatic heterocycles. The molecule has 33 heavy (non-hydrogen) atoms. The Bertz CT molecular complexity index is 1260. The maximum absolute atomic E-state index is 13.2. The zero-order chi connectivity index (χ0) is 23.4. The summed E-state index contributed by atoms with van der Waals surface area (Å²) in [7, 11) is -3.99. The highest BCUT2D eigenvalue weighted by atomic mass is 35.5. The van der Waals surface area contributed by atoms with Crippen LogP contribution in [-0.2, 0) is 14.8 Å². The minimum Gasteiger partial charge on any atom is -0.378 e. The monoisotopic (exact) mass is 489 g/mol. The predicted octanol–water partition coefficient (Wildman–Crippen LogP) is 4.37. The number of nitrogens with zero attached hydrogens (tertiary/aromatic N) is 1. The quantitative estimate of drug-likeness (QED) is 0.537. The van der Waals surface area contributed by atoms with Gasteiger partial charge in [0.2, 0.25) is 0 Å². The maximum Gasteiger partial charge on any atom is 0.262 e. The predicted molar refractivity (Wildman–Crippen MR) is 126 cm³/mol. The summed E-state index contributed by atoms with van der Waals surface area (Å²) in [6.45, 7) is 2.20. The average molecular weight is 490 g/mol. The van der Waals surface area contributed by atoms with Crippen LogP contribution in [0.3, 0.4) is 0 Å². The summed E-state index contributed by atoms with van der Waals surface area (Å²) >= 11 is 6.09. The van der Waals surface area contributed by atoms with E-state index >= 15 is 0 Å². The number of hydrogen-bond acceptors (Lipinski definition) is 5. The van der Waals surface area contributed by atoms with E-state index in [9.17, 15) is 17.6 Å². The van der Waals surface area contributed by atoms with E-state index in [1.807, 2.05) is 4.90 Å². The normalized spacial score (nSPS) is 14.1. The summed E-state index contributed by atoms with van der Waals surface area (Å²) in [6.07, 6.45) is 0. The van der Waals surface area contributed by atoms with Gasteiger partial charge in [-0.05, 0) is 54.6 Å². The molecule has 1 saturated heterocycles. The van der Waals surface area contributed by atoms with Crippen LogP contribution in [0.5, 0.6) is 0 Å². The Morgan fingerprint density at radius 3 is 2.36 bits per heavy atom. The van der Waals surface area contributed by atoms with Crippen LogP contribution in [0.2, 0.25) is 5.02 Å². The third kappa shape index (κ3) is 5.44. The van der Waals surface area contributed by atoms with Crippen LogP contribution in [0.25, 0.3) is 0 Å². The number of carbonyl (C=O) groups excluding carboxylic acids is 1. The molecule has 0 unspecified atom stereocenters. The molecule has 172 valence electrons. The molecule has 1 aliphatic rings. The lowest BCUT2D eigenvalue weighted by Gasteiger charge is -2.30. The Morgan fingerprint density at radius 2 is 1.67 bits per heavy atom. The van der Waals surface area contributed by atoms with E-state index < -0.39 is 21.7 Å². The van der Waals surface area contributed by atoms with E-state index in [1.54, 1.807) is 30.3 Å². The van der Waals surface area contributed by atoms with Crippen LogP contribution in [0.15, 0.2) is 71.6 Å². The van der Waals surface area contributed by atoms with Crippen LogP contribution in [-0.4, -0.2) is 40.6 Å². The van der Waals surface area contributed by atoms with Crippen molar-refractivity contribution in [3.05, 3.63) is 83.1 Å². The van der Waals surface area contributed by atoms with Gasteiger partial charge in [-0.15, -0.1) is 0 Å². The lowest BCUT2D eigenvalue weighted by atomic mass is 10.2. The number of anilines is 3. The van der Waals surface area contributed by atoms with E-state index in [0.717, 1.165) is 0 Å². The highest BCUT2D eigenvalue weighted by Crippen LogP contribution is 2.32. The van der Waals surface area contributed by atoms with Crippen molar-refractivity contribution in [3.63, 3.8) is 0 Å². The zero-order valence-corrected chi connectivity index (χ0v) is 19.0. The molecule has 0 radical (unpaired) electrons. The number of para-hydroxylation sites is 1. The van der Waals surface area contributed by atoms with Crippen LogP contribution < -0.4 is 14.9 Å². The first-order valence-corrected chi connectivity index (χ1v) is 12.0. The second-order valence-corrected chi connectivity index (χ2v) is 9.41. The number of ether oxygens (including phenoxy) is 1. The Labute approximate surface area is 196 Å². The molecule has 10 heteroatoms. The molecule has 1 heterocycles. The highest BCUT2D eigenvalue weighted by Gasteiger charge is 2.22. The Balaban J connectivity index is 1.68. The van der Waals surface area contributed by atoms with Crippen molar-refractivity contribution in [1.29, 1.82) is 0 Å². The summed E-state index contributed by atoms with van der Waals surface area (Å²) in [5, 5.41) is 3.03. The lowest BCUT2D eigenvalue weighted by molar-refractivity contribution is 0.102. The molecule has 0 saturated carbocycles. The van der Waals surface area contributed by atoms with Crippen molar-refractivity contribution in [3.8, 4) is 0 Å². The second kappa shape index (κ2) is 9.78. The first kappa shape index (κ1) is 23.0. The number of hydrogen-bond donors (Lipinski definition) is 2. The van der Waals surface area contributed by atoms with Crippen molar-refractivity contribution < 1.29 is 22.3 Å². The van der Waals surface area contributed by atoms with Crippen LogP contribution in [0.1, 0.15) is 10.4 Å². The topological polar surface area (TPSA) is 87.7 Å². The van der Waals surface area contributed by atoms with Gasteiger partial charge in [-0.3, -0.25) is 9.52 Å². The second-order valence-electron chi connectivity index (χ2n) is 7.32. The summed E-state index contributed by atoms with van der Waals surface area (Å²) < 4.78 is 47.2. The van der Waals surface area contributed by atoms with Gasteiger partial charge >= 0.3 is 0 Å². The molecule has 2 N–H and O–H groups in total. The number of nitrogens with one attached hydrogen (secondary N) is 2. The number of carbonyl (C=O) groups is 1. The largest absolute Gasteiger partial charge is 0.378 e. The van der Waals surface area contributed by atoms with Gasteiger partial charge in [-0.1, -0.05) is 23.7 Å². The Hall–Kier alpha value is -3.14. The summed E-state index contributed by atoms with van der Waals surface area (Å²) in [4.78, 5) is 14.8. The van der Waals surface area contributed by atoms with Crippen molar-refractivity contribution in [2.75, 3.05) is 41.2 Å². The lowest BCUT2D eigenvalue weighted by Crippen LogP contribution is -2.36. The van der Waals surface area contributed by atoms with Crippen molar-refractivity contribution in [2.45, 2.75) is 4.90 Å². The molecule has 1 fully saturated rings. The molecular weight excluding hydrogens is 469 g/mol. The third-order valence-electron chi connectivity index (χ3n) is 5.10.